The van der Waals surface area contributed by atoms with E-state index in [9.17, 15) is 29.7 Å². The van der Waals surface area contributed by atoms with Crippen molar-refractivity contribution in [3.8, 4) is 0 Å². The molecule has 2 aliphatic heterocycles. The number of rotatable bonds is 5. The van der Waals surface area contributed by atoms with E-state index in [4.69, 9.17) is 25.1 Å². The number of hydrogen-bond donors (Lipinski definition) is 6. The van der Waals surface area contributed by atoms with Crippen LogP contribution in [-0.2, 0) is 19.0 Å². The summed E-state index contributed by atoms with van der Waals surface area (Å²) in [6.07, 6.45) is -8.57. The second kappa shape index (κ2) is 8.31. The van der Waals surface area contributed by atoms with Crippen molar-refractivity contribution in [2.24, 2.45) is 5.73 Å². The number of aromatic amines is 1. The van der Waals surface area contributed by atoms with Crippen LogP contribution >= 0.6 is 0 Å². The minimum Gasteiger partial charge on any atom is -0.479 e. The van der Waals surface area contributed by atoms with Crippen molar-refractivity contribution < 1.29 is 39.4 Å². The zero-order valence-corrected chi connectivity index (χ0v) is 15.4. The summed E-state index contributed by atoms with van der Waals surface area (Å²) in [6, 6.07) is -0.578. The smallest absolute Gasteiger partial charge is 0.335 e. The fraction of sp³-hybridized carbons (Fsp3) is 0.688. The van der Waals surface area contributed by atoms with Crippen molar-refractivity contribution in [1.82, 2.24) is 9.55 Å². The van der Waals surface area contributed by atoms with Crippen LogP contribution in [0.4, 0.5) is 0 Å². The molecule has 1 aromatic heterocycles. The molecule has 0 radical (unpaired) electrons. The van der Waals surface area contributed by atoms with Gasteiger partial charge < -0.3 is 40.4 Å². The summed E-state index contributed by atoms with van der Waals surface area (Å²) in [5, 5.41) is 38.5. The molecule has 0 bridgehead atoms. The monoisotopic (exact) mass is 417 g/mol. The second-order valence-corrected chi connectivity index (χ2v) is 7.08. The highest BCUT2D eigenvalue weighted by Gasteiger charge is 2.48. The Balaban J connectivity index is 1.65. The summed E-state index contributed by atoms with van der Waals surface area (Å²) >= 11 is 0. The molecule has 29 heavy (non-hydrogen) atoms. The van der Waals surface area contributed by atoms with Gasteiger partial charge in [0.15, 0.2) is 12.4 Å². The van der Waals surface area contributed by atoms with E-state index in [0.717, 1.165) is 0 Å². The van der Waals surface area contributed by atoms with E-state index in [1.54, 1.807) is 0 Å². The quantitative estimate of drug-likeness (QED) is 0.275. The molecule has 2 saturated heterocycles. The molecule has 0 aliphatic carbocycles. The number of nitrogens with zero attached hydrogens (tertiary/aromatic N) is 1. The highest BCUT2D eigenvalue weighted by Crippen LogP contribution is 2.28. The van der Waals surface area contributed by atoms with Gasteiger partial charge >= 0.3 is 11.7 Å². The topological polar surface area (TPSA) is 207 Å². The number of aliphatic hydroxyl groups excluding tert-OH is 3. The van der Waals surface area contributed by atoms with Crippen molar-refractivity contribution in [3.63, 3.8) is 0 Å². The predicted molar refractivity (Wildman–Crippen MR) is 92.8 cm³/mol. The number of aliphatic carboxylic acids is 1. The number of nitrogens with one attached hydrogen (secondary N) is 1. The van der Waals surface area contributed by atoms with Gasteiger partial charge in [-0.1, -0.05) is 0 Å². The molecule has 0 aromatic carbocycles. The van der Waals surface area contributed by atoms with Crippen LogP contribution in [0.15, 0.2) is 15.8 Å². The van der Waals surface area contributed by atoms with Gasteiger partial charge in [0, 0.05) is 24.2 Å². The van der Waals surface area contributed by atoms with Gasteiger partial charge in [0.05, 0.1) is 12.7 Å². The highest BCUT2D eigenvalue weighted by atomic mass is 16.7. The van der Waals surface area contributed by atoms with Gasteiger partial charge in [-0.25, -0.2) is 9.59 Å². The summed E-state index contributed by atoms with van der Waals surface area (Å²) in [7, 11) is 0. The Kier molecular flexibility index (Phi) is 6.19. The standard InChI is InChI=1S/C16H23N3O10/c1-5-3-19(16(26)18-13(5)23)8-2-6(17)7(28-8)4-27-15-11(22)9(20)10(21)12(29-15)14(24)25/h3,6-12,15,20-22H,2,4,17H2,1H3,(H,24,25)(H,18,23,26)/t6-,7+,8+,9-,10-,11+,12-,15+/m0/s1. The summed E-state index contributed by atoms with van der Waals surface area (Å²) in [5.41, 5.74) is 5.16. The molecule has 13 nitrogen and oxygen atoms in total. The lowest BCUT2D eigenvalue weighted by Crippen LogP contribution is -2.60. The molecule has 3 heterocycles. The number of aryl methyl sites for hydroxylation is 1. The van der Waals surface area contributed by atoms with Crippen LogP contribution in [0.25, 0.3) is 0 Å². The fourth-order valence-corrected chi connectivity index (χ4v) is 3.26. The molecule has 0 unspecified atom stereocenters. The third kappa shape index (κ3) is 4.25. The predicted octanol–water partition coefficient (Wildman–Crippen LogP) is -3.63. The van der Waals surface area contributed by atoms with Gasteiger partial charge in [-0.2, -0.15) is 0 Å². The molecular formula is C16H23N3O10. The SMILES string of the molecule is Cc1cn([C@H]2C[C@H](N)[C@@H](CO[C@@H]3O[C@H](C(=O)O)[C@@H](O)[C@H](O)[C@H]3O)O2)c(=O)[nH]c1=O. The van der Waals surface area contributed by atoms with E-state index < -0.39 is 66.3 Å². The van der Waals surface area contributed by atoms with E-state index in [1.165, 1.54) is 17.7 Å². The highest BCUT2D eigenvalue weighted by molar-refractivity contribution is 5.73. The number of H-pyrrole nitrogens is 1. The van der Waals surface area contributed by atoms with Crippen molar-refractivity contribution in [2.45, 2.75) is 62.4 Å². The van der Waals surface area contributed by atoms with Crippen LogP contribution in [0.3, 0.4) is 0 Å². The number of carboxylic acid groups (broad SMARTS) is 1. The zero-order valence-electron chi connectivity index (χ0n) is 15.4. The van der Waals surface area contributed by atoms with Crippen LogP contribution in [0, 0.1) is 6.92 Å². The summed E-state index contributed by atoms with van der Waals surface area (Å²) in [6.45, 7) is 1.29. The Morgan fingerprint density at radius 1 is 1.28 bits per heavy atom. The lowest BCUT2D eigenvalue weighted by atomic mass is 9.99. The van der Waals surface area contributed by atoms with Crippen molar-refractivity contribution in [2.75, 3.05) is 6.61 Å². The average Bonchev–Trinajstić information content (AvgIpc) is 3.02. The minimum absolute atomic E-state index is 0.229. The number of aromatic nitrogens is 2. The van der Waals surface area contributed by atoms with Crippen LogP contribution < -0.4 is 17.0 Å². The van der Waals surface area contributed by atoms with Crippen molar-refractivity contribution >= 4 is 5.97 Å². The van der Waals surface area contributed by atoms with E-state index in [0.29, 0.717) is 5.56 Å². The molecule has 0 spiro atoms. The molecule has 8 atom stereocenters. The lowest BCUT2D eigenvalue weighted by molar-refractivity contribution is -0.298. The Labute approximate surface area is 163 Å². The van der Waals surface area contributed by atoms with Gasteiger partial charge in [-0.15, -0.1) is 0 Å². The number of ether oxygens (including phenoxy) is 3. The maximum absolute atomic E-state index is 12.0. The molecule has 0 saturated carbocycles. The molecule has 13 heteroatoms. The fourth-order valence-electron chi connectivity index (χ4n) is 3.26. The number of carboxylic acids is 1. The molecule has 0 amide bonds. The maximum Gasteiger partial charge on any atom is 0.335 e. The normalized spacial score (nSPS) is 37.6. The van der Waals surface area contributed by atoms with Gasteiger partial charge in [0.25, 0.3) is 5.56 Å². The molecule has 1 aromatic rings. The first-order chi connectivity index (χ1) is 13.6. The van der Waals surface area contributed by atoms with E-state index in [-0.39, 0.29) is 13.0 Å². The minimum atomic E-state index is -1.83. The van der Waals surface area contributed by atoms with Gasteiger partial charge in [0.1, 0.15) is 24.5 Å². The van der Waals surface area contributed by atoms with Crippen molar-refractivity contribution in [1.29, 1.82) is 0 Å². The number of nitrogens with two attached hydrogens (primary N) is 1. The van der Waals surface area contributed by atoms with Crippen LogP contribution in [0.1, 0.15) is 18.2 Å². The Hall–Kier alpha value is -2.13. The van der Waals surface area contributed by atoms with Crippen LogP contribution in [-0.4, -0.2) is 85.4 Å². The summed E-state index contributed by atoms with van der Waals surface area (Å²) in [4.78, 5) is 36.8. The number of carbonyl (C=O) groups is 1. The summed E-state index contributed by atoms with van der Waals surface area (Å²) < 4.78 is 17.3. The molecule has 2 aliphatic rings. The number of hydrogen-bond acceptors (Lipinski definition) is 10. The Bertz CT molecular complexity index is 869. The number of aliphatic hydroxyl groups is 3. The third-order valence-electron chi connectivity index (χ3n) is 4.98. The lowest BCUT2D eigenvalue weighted by Gasteiger charge is -2.38. The second-order valence-electron chi connectivity index (χ2n) is 7.08. The molecule has 7 N–H and O–H groups in total. The van der Waals surface area contributed by atoms with Gasteiger partial charge in [-0.05, 0) is 6.92 Å². The molecular weight excluding hydrogens is 394 g/mol. The van der Waals surface area contributed by atoms with E-state index in [1.807, 2.05) is 0 Å². The molecule has 3 rings (SSSR count). The van der Waals surface area contributed by atoms with Crippen molar-refractivity contribution in [3.05, 3.63) is 32.6 Å². The van der Waals surface area contributed by atoms with Crippen LogP contribution in [0.2, 0.25) is 0 Å². The first-order valence-electron chi connectivity index (χ1n) is 8.87. The van der Waals surface area contributed by atoms with E-state index >= 15 is 0 Å². The summed E-state index contributed by atoms with van der Waals surface area (Å²) in [5.74, 6) is -1.53. The largest absolute Gasteiger partial charge is 0.479 e. The van der Waals surface area contributed by atoms with Gasteiger partial charge in [-0.3, -0.25) is 14.3 Å². The van der Waals surface area contributed by atoms with E-state index in [2.05, 4.69) is 4.98 Å². The Morgan fingerprint density at radius 3 is 2.62 bits per heavy atom. The third-order valence-corrected chi connectivity index (χ3v) is 4.98. The maximum atomic E-state index is 12.0. The zero-order chi connectivity index (χ0) is 21.5. The first kappa shape index (κ1) is 21.6. The Morgan fingerprint density at radius 2 is 1.97 bits per heavy atom. The molecule has 2 fully saturated rings. The molecule has 162 valence electrons. The van der Waals surface area contributed by atoms with Crippen LogP contribution in [0.5, 0.6) is 0 Å². The first-order valence-corrected chi connectivity index (χ1v) is 8.87. The van der Waals surface area contributed by atoms with Gasteiger partial charge in [0.2, 0.25) is 0 Å². The average molecular weight is 417 g/mol.